The highest BCUT2D eigenvalue weighted by atomic mass is 32.1. The summed E-state index contributed by atoms with van der Waals surface area (Å²) >= 11 is 1.78. The lowest BCUT2D eigenvalue weighted by Crippen LogP contribution is -2.15. The molecule has 0 unspecified atom stereocenters. The Labute approximate surface area is 344 Å². The molecule has 9 aromatic carbocycles. The van der Waals surface area contributed by atoms with Crippen molar-refractivity contribution < 1.29 is 0 Å². The second-order valence-corrected chi connectivity index (χ2v) is 17.6. The molecule has 276 valence electrons. The monoisotopic (exact) mass is 769 g/mol. The first-order chi connectivity index (χ1) is 29.0. The molecule has 13 rings (SSSR count). The van der Waals surface area contributed by atoms with Crippen molar-refractivity contribution in [1.29, 1.82) is 0 Å². The fourth-order valence-electron chi connectivity index (χ4n) is 10.1. The van der Waals surface area contributed by atoms with E-state index in [-0.39, 0.29) is 5.41 Å². The molecule has 0 amide bonds. The minimum absolute atomic E-state index is 0.161. The highest BCUT2D eigenvalue weighted by Crippen LogP contribution is 2.53. The molecule has 0 N–H and O–H groups in total. The van der Waals surface area contributed by atoms with Crippen LogP contribution in [-0.4, -0.2) is 14.5 Å². The van der Waals surface area contributed by atoms with Gasteiger partial charge in [0.1, 0.15) is 0 Å². The van der Waals surface area contributed by atoms with Crippen LogP contribution >= 0.6 is 11.3 Å². The number of nitrogens with zero attached hydrogens (tertiary/aromatic N) is 3. The van der Waals surface area contributed by atoms with Crippen LogP contribution in [0.5, 0.6) is 0 Å². The third kappa shape index (κ3) is 4.63. The molecule has 0 radical (unpaired) electrons. The summed E-state index contributed by atoms with van der Waals surface area (Å²) in [7, 11) is 0. The predicted octanol–water partition coefficient (Wildman–Crippen LogP) is 15.0. The molecule has 3 aromatic heterocycles. The maximum atomic E-state index is 5.63. The third-order valence-corrected chi connectivity index (χ3v) is 14.1. The van der Waals surface area contributed by atoms with Crippen LogP contribution in [0, 0.1) is 0 Å². The van der Waals surface area contributed by atoms with Gasteiger partial charge in [0, 0.05) is 37.4 Å². The molecule has 0 spiro atoms. The quantitative estimate of drug-likeness (QED) is 0.179. The number of para-hydroxylation sites is 1. The second-order valence-electron chi connectivity index (χ2n) is 16.6. The summed E-state index contributed by atoms with van der Waals surface area (Å²) in [4.78, 5) is 11.2. The summed E-state index contributed by atoms with van der Waals surface area (Å²) < 4.78 is 4.66. The Morgan fingerprint density at radius 1 is 0.475 bits per heavy atom. The summed E-state index contributed by atoms with van der Waals surface area (Å²) in [6, 6.07) is 64.6. The largest absolute Gasteiger partial charge is 0.277 e. The van der Waals surface area contributed by atoms with Crippen molar-refractivity contribution in [2.45, 2.75) is 19.3 Å². The number of rotatable bonds is 3. The smallest absolute Gasteiger partial charge is 0.235 e. The average Bonchev–Trinajstić information content (AvgIpc) is 3.90. The Bertz CT molecular complexity index is 3770. The zero-order chi connectivity index (χ0) is 39.0. The topological polar surface area (TPSA) is 30.7 Å². The van der Waals surface area contributed by atoms with E-state index >= 15 is 0 Å². The Hall–Kier alpha value is -7.14. The first kappa shape index (κ1) is 32.9. The van der Waals surface area contributed by atoms with Crippen LogP contribution < -0.4 is 0 Å². The maximum absolute atomic E-state index is 5.63. The van der Waals surface area contributed by atoms with Gasteiger partial charge in [0.05, 0.1) is 26.9 Å². The van der Waals surface area contributed by atoms with Gasteiger partial charge in [-0.1, -0.05) is 159 Å². The van der Waals surface area contributed by atoms with Crippen LogP contribution in [-0.2, 0) is 5.41 Å². The molecule has 3 nitrogen and oxygen atoms in total. The van der Waals surface area contributed by atoms with Gasteiger partial charge in [-0.05, 0) is 90.5 Å². The summed E-state index contributed by atoms with van der Waals surface area (Å²) in [5.41, 5.74) is 12.8. The van der Waals surface area contributed by atoms with E-state index in [1.165, 1.54) is 75.6 Å². The van der Waals surface area contributed by atoms with Gasteiger partial charge in [-0.3, -0.25) is 4.57 Å². The number of hydrogen-bond acceptors (Lipinski definition) is 3. The van der Waals surface area contributed by atoms with Gasteiger partial charge in [0.15, 0.2) is 0 Å². The predicted molar refractivity (Wildman–Crippen MR) is 250 cm³/mol. The number of hydrogen-bond donors (Lipinski definition) is 0. The lowest BCUT2D eigenvalue weighted by Gasteiger charge is -2.22. The molecule has 1 aliphatic carbocycles. The van der Waals surface area contributed by atoms with Crippen molar-refractivity contribution in [2.24, 2.45) is 0 Å². The van der Waals surface area contributed by atoms with E-state index in [9.17, 15) is 0 Å². The molecule has 0 bridgehead atoms. The molecule has 0 aliphatic heterocycles. The molecule has 0 atom stereocenters. The molecule has 0 saturated carbocycles. The molecule has 4 heteroatoms. The third-order valence-electron chi connectivity index (χ3n) is 13.0. The first-order valence-corrected chi connectivity index (χ1v) is 21.1. The highest BCUT2D eigenvalue weighted by Gasteiger charge is 2.37. The van der Waals surface area contributed by atoms with E-state index in [4.69, 9.17) is 9.97 Å². The minimum Gasteiger partial charge on any atom is -0.277 e. The first-order valence-electron chi connectivity index (χ1n) is 20.3. The van der Waals surface area contributed by atoms with Gasteiger partial charge in [-0.15, -0.1) is 11.3 Å². The van der Waals surface area contributed by atoms with Crippen molar-refractivity contribution in [1.82, 2.24) is 14.5 Å². The summed E-state index contributed by atoms with van der Waals surface area (Å²) in [6.07, 6.45) is 0. The van der Waals surface area contributed by atoms with Crippen LogP contribution in [0.15, 0.2) is 176 Å². The Balaban J connectivity index is 1.13. The molecular formula is C55H35N3S. The van der Waals surface area contributed by atoms with E-state index in [1.807, 2.05) is 0 Å². The summed E-state index contributed by atoms with van der Waals surface area (Å²) in [5, 5.41) is 10.9. The van der Waals surface area contributed by atoms with Gasteiger partial charge in [-0.25, -0.2) is 9.97 Å². The Morgan fingerprint density at radius 3 is 2.00 bits per heavy atom. The van der Waals surface area contributed by atoms with Crippen molar-refractivity contribution in [3.8, 4) is 39.5 Å². The van der Waals surface area contributed by atoms with E-state index in [0.29, 0.717) is 5.95 Å². The van der Waals surface area contributed by atoms with Gasteiger partial charge >= 0.3 is 0 Å². The number of benzene rings is 9. The number of fused-ring (bicyclic) bond motifs is 13. The summed E-state index contributed by atoms with van der Waals surface area (Å²) in [6.45, 7) is 4.75. The van der Waals surface area contributed by atoms with Gasteiger partial charge < -0.3 is 0 Å². The van der Waals surface area contributed by atoms with Crippen LogP contribution in [0.2, 0.25) is 0 Å². The van der Waals surface area contributed by atoms with Crippen LogP contribution in [0.4, 0.5) is 0 Å². The minimum atomic E-state index is -0.161. The lowest BCUT2D eigenvalue weighted by atomic mass is 9.81. The van der Waals surface area contributed by atoms with Crippen molar-refractivity contribution in [2.75, 3.05) is 0 Å². The van der Waals surface area contributed by atoms with Gasteiger partial charge in [0.25, 0.3) is 0 Å². The van der Waals surface area contributed by atoms with Crippen molar-refractivity contribution in [3.05, 3.63) is 187 Å². The Kier molecular flexibility index (Phi) is 6.66. The second kappa shape index (κ2) is 12.0. The van der Waals surface area contributed by atoms with Crippen molar-refractivity contribution >= 4 is 85.8 Å². The normalized spacial score (nSPS) is 13.4. The molecule has 3 heterocycles. The fourth-order valence-corrected chi connectivity index (χ4v) is 11.2. The summed E-state index contributed by atoms with van der Waals surface area (Å²) in [5.74, 6) is 0.673. The van der Waals surface area contributed by atoms with Crippen molar-refractivity contribution in [3.63, 3.8) is 0 Å². The van der Waals surface area contributed by atoms with Crippen LogP contribution in [0.25, 0.3) is 114 Å². The zero-order valence-electron chi connectivity index (χ0n) is 32.5. The molecular weight excluding hydrogens is 735 g/mol. The molecule has 1 aliphatic rings. The van der Waals surface area contributed by atoms with Crippen LogP contribution in [0.1, 0.15) is 25.0 Å². The molecule has 12 aromatic rings. The molecule has 59 heavy (non-hydrogen) atoms. The van der Waals surface area contributed by atoms with E-state index in [2.05, 4.69) is 194 Å². The van der Waals surface area contributed by atoms with Gasteiger partial charge in [0.2, 0.25) is 5.95 Å². The standard InChI is InChI=1S/C55H35N3S/c1-55(2)45-27-25-33-13-7-8-17-39(33)49(45)42-26-24-37(30-46(42)55)40-19-11-20-41-44-29-35-15-5-6-16-36(35)31-47(44)58(52(40)41)54-56-50(38-23-22-32-12-3-4-14-34(32)28-38)53-51(57-54)43-18-9-10-21-48(43)59-53/h3-31H,1-2H3. The molecule has 0 fully saturated rings. The SMILES string of the molecule is CC1(C)c2cc(-c3cccc4c5cc6ccccc6cc5n(-c5nc(-c6ccc7ccccc7c6)c6sc7ccccc7c6n5)c34)ccc2-c2c1ccc1ccccc21. The molecule has 0 saturated heterocycles. The fraction of sp³-hybridized carbons (Fsp3) is 0.0545. The van der Waals surface area contributed by atoms with E-state index in [1.54, 1.807) is 11.3 Å². The lowest BCUT2D eigenvalue weighted by molar-refractivity contribution is 0.661. The van der Waals surface area contributed by atoms with E-state index in [0.717, 1.165) is 43.5 Å². The zero-order valence-corrected chi connectivity index (χ0v) is 33.3. The average molecular weight is 770 g/mol. The number of aromatic nitrogens is 3. The maximum Gasteiger partial charge on any atom is 0.235 e. The Morgan fingerprint density at radius 2 is 1.15 bits per heavy atom. The highest BCUT2D eigenvalue weighted by molar-refractivity contribution is 7.26. The van der Waals surface area contributed by atoms with E-state index < -0.39 is 0 Å². The van der Waals surface area contributed by atoms with Crippen LogP contribution in [0.3, 0.4) is 0 Å². The number of thiophene rings is 1. The van der Waals surface area contributed by atoms with Gasteiger partial charge in [-0.2, -0.15) is 0 Å².